The quantitative estimate of drug-likeness (QED) is 0.807. The fourth-order valence-corrected chi connectivity index (χ4v) is 2.64. The highest BCUT2D eigenvalue weighted by Crippen LogP contribution is 2.36. The summed E-state index contributed by atoms with van der Waals surface area (Å²) in [6, 6.07) is 7.33. The molecule has 3 rings (SSSR count). The van der Waals surface area contributed by atoms with Gasteiger partial charge in [-0.3, -0.25) is 9.59 Å². The second-order valence-electron chi connectivity index (χ2n) is 5.53. The number of carbonyl (C=O) groups excluding carboxylic acids is 2. The van der Waals surface area contributed by atoms with Crippen LogP contribution < -0.4 is 4.90 Å². The van der Waals surface area contributed by atoms with E-state index in [-0.39, 0.29) is 18.2 Å². The van der Waals surface area contributed by atoms with Crippen LogP contribution in [0.2, 0.25) is 0 Å². The second-order valence-corrected chi connectivity index (χ2v) is 5.53. The Labute approximate surface area is 133 Å². The molecule has 0 spiro atoms. The van der Waals surface area contributed by atoms with Crippen LogP contribution in [-0.2, 0) is 14.3 Å². The standard InChI is InChI=1S/C16H17N3O4/c1-9(15-17-10(2)18-23-15)22-16(21)12-8-14(20)19(3)13-7-5-4-6-11(12)13/h4-7,9,12H,8H2,1-3H3/t9-,12-/m0/s1. The highest BCUT2D eigenvalue weighted by molar-refractivity contribution is 6.01. The minimum atomic E-state index is -0.661. The van der Waals surface area contributed by atoms with Crippen LogP contribution in [0.5, 0.6) is 0 Å². The van der Waals surface area contributed by atoms with Gasteiger partial charge in [0.25, 0.3) is 5.89 Å². The van der Waals surface area contributed by atoms with Crippen molar-refractivity contribution in [3.63, 3.8) is 0 Å². The maximum atomic E-state index is 12.5. The van der Waals surface area contributed by atoms with Crippen molar-refractivity contribution in [1.82, 2.24) is 10.1 Å². The van der Waals surface area contributed by atoms with E-state index >= 15 is 0 Å². The number of hydrogen-bond acceptors (Lipinski definition) is 6. The number of anilines is 1. The maximum absolute atomic E-state index is 12.5. The Morgan fingerprint density at radius 2 is 2.17 bits per heavy atom. The summed E-state index contributed by atoms with van der Waals surface area (Å²) in [7, 11) is 1.70. The van der Waals surface area contributed by atoms with E-state index in [1.807, 2.05) is 24.3 Å². The molecule has 2 aromatic rings. The molecule has 0 aliphatic carbocycles. The highest BCUT2D eigenvalue weighted by atomic mass is 16.6. The Bertz CT molecular complexity index is 755. The number of fused-ring (bicyclic) bond motifs is 1. The third-order valence-electron chi connectivity index (χ3n) is 3.89. The van der Waals surface area contributed by atoms with Crippen LogP contribution in [-0.4, -0.2) is 29.1 Å². The number of nitrogens with zero attached hydrogens (tertiary/aromatic N) is 3. The molecular formula is C16H17N3O4. The van der Waals surface area contributed by atoms with E-state index in [2.05, 4.69) is 10.1 Å². The Kier molecular flexibility index (Phi) is 3.85. The molecule has 2 atom stereocenters. The van der Waals surface area contributed by atoms with Gasteiger partial charge < -0.3 is 14.2 Å². The normalized spacial score (nSPS) is 18.5. The predicted octanol–water partition coefficient (Wildman–Crippen LogP) is 2.13. The topological polar surface area (TPSA) is 85.5 Å². The molecule has 1 aromatic carbocycles. The van der Waals surface area contributed by atoms with Crippen LogP contribution in [0.15, 0.2) is 28.8 Å². The maximum Gasteiger partial charge on any atom is 0.314 e. The lowest BCUT2D eigenvalue weighted by Crippen LogP contribution is -2.36. The zero-order valence-electron chi connectivity index (χ0n) is 13.1. The number of aryl methyl sites for hydroxylation is 1. The van der Waals surface area contributed by atoms with Crippen molar-refractivity contribution in [3.05, 3.63) is 41.5 Å². The lowest BCUT2D eigenvalue weighted by Gasteiger charge is -2.30. The van der Waals surface area contributed by atoms with Crippen LogP contribution in [0.4, 0.5) is 5.69 Å². The Hall–Kier alpha value is -2.70. The zero-order chi connectivity index (χ0) is 16.6. The molecule has 0 bridgehead atoms. The SMILES string of the molecule is Cc1noc([C@H](C)OC(=O)[C@H]2CC(=O)N(C)c3ccccc32)n1. The van der Waals surface area contributed by atoms with Gasteiger partial charge in [0, 0.05) is 19.2 Å². The first-order valence-corrected chi connectivity index (χ1v) is 7.33. The van der Waals surface area contributed by atoms with Gasteiger partial charge in [-0.2, -0.15) is 4.98 Å². The van der Waals surface area contributed by atoms with Crippen molar-refractivity contribution < 1.29 is 18.8 Å². The molecule has 0 radical (unpaired) electrons. The van der Waals surface area contributed by atoms with E-state index in [0.717, 1.165) is 11.3 Å². The van der Waals surface area contributed by atoms with Crippen molar-refractivity contribution in [2.24, 2.45) is 0 Å². The minimum Gasteiger partial charge on any atom is -0.452 e. The number of carbonyl (C=O) groups is 2. The van der Waals surface area contributed by atoms with Crippen LogP contribution in [0.1, 0.15) is 42.6 Å². The molecule has 23 heavy (non-hydrogen) atoms. The number of amides is 1. The summed E-state index contributed by atoms with van der Waals surface area (Å²) in [5, 5.41) is 3.68. The van der Waals surface area contributed by atoms with Gasteiger partial charge in [0.05, 0.1) is 5.92 Å². The van der Waals surface area contributed by atoms with Crippen LogP contribution in [0, 0.1) is 6.92 Å². The van der Waals surface area contributed by atoms with Gasteiger partial charge >= 0.3 is 5.97 Å². The van der Waals surface area contributed by atoms with Crippen molar-refractivity contribution in [2.45, 2.75) is 32.3 Å². The lowest BCUT2D eigenvalue weighted by molar-refractivity contribution is -0.153. The summed E-state index contributed by atoms with van der Waals surface area (Å²) in [5.41, 5.74) is 1.51. The zero-order valence-corrected chi connectivity index (χ0v) is 13.1. The number of hydrogen-bond donors (Lipinski definition) is 0. The molecule has 0 N–H and O–H groups in total. The third kappa shape index (κ3) is 2.81. The van der Waals surface area contributed by atoms with Crippen molar-refractivity contribution in [1.29, 1.82) is 0 Å². The van der Waals surface area contributed by atoms with E-state index in [1.165, 1.54) is 0 Å². The summed E-state index contributed by atoms with van der Waals surface area (Å²) in [6.07, 6.45) is -0.576. The molecule has 1 aliphatic heterocycles. The van der Waals surface area contributed by atoms with E-state index in [1.54, 1.807) is 25.8 Å². The van der Waals surface area contributed by atoms with Gasteiger partial charge in [-0.05, 0) is 25.5 Å². The number of ether oxygens (including phenoxy) is 1. The van der Waals surface area contributed by atoms with E-state index < -0.39 is 18.0 Å². The molecule has 2 heterocycles. The summed E-state index contributed by atoms with van der Waals surface area (Å²) < 4.78 is 10.4. The number of para-hydroxylation sites is 1. The summed E-state index contributed by atoms with van der Waals surface area (Å²) >= 11 is 0. The molecule has 0 saturated carbocycles. The number of aromatic nitrogens is 2. The summed E-state index contributed by atoms with van der Waals surface area (Å²) in [5.74, 6) is -0.498. The molecule has 1 aliphatic rings. The minimum absolute atomic E-state index is 0.0852. The van der Waals surface area contributed by atoms with Crippen molar-refractivity contribution >= 4 is 17.6 Å². The summed E-state index contributed by atoms with van der Waals surface area (Å²) in [4.78, 5) is 30.2. The van der Waals surface area contributed by atoms with Crippen LogP contribution >= 0.6 is 0 Å². The second kappa shape index (κ2) is 5.83. The van der Waals surface area contributed by atoms with Gasteiger partial charge in [-0.15, -0.1) is 0 Å². The van der Waals surface area contributed by atoms with Crippen LogP contribution in [0.25, 0.3) is 0 Å². The average molecular weight is 315 g/mol. The number of benzene rings is 1. The molecule has 0 unspecified atom stereocenters. The fraction of sp³-hybridized carbons (Fsp3) is 0.375. The molecule has 7 nitrogen and oxygen atoms in total. The fourth-order valence-electron chi connectivity index (χ4n) is 2.64. The Morgan fingerprint density at radius 1 is 1.43 bits per heavy atom. The molecule has 7 heteroatoms. The molecule has 0 saturated heterocycles. The molecular weight excluding hydrogens is 298 g/mol. The molecule has 120 valence electrons. The van der Waals surface area contributed by atoms with Crippen LogP contribution in [0.3, 0.4) is 0 Å². The van der Waals surface area contributed by atoms with Gasteiger partial charge in [-0.1, -0.05) is 23.4 Å². The number of esters is 1. The monoisotopic (exact) mass is 315 g/mol. The van der Waals surface area contributed by atoms with Gasteiger partial charge in [0.2, 0.25) is 5.91 Å². The van der Waals surface area contributed by atoms with Crippen molar-refractivity contribution in [2.75, 3.05) is 11.9 Å². The average Bonchev–Trinajstić information content (AvgIpc) is 2.97. The third-order valence-corrected chi connectivity index (χ3v) is 3.89. The Morgan fingerprint density at radius 3 is 2.87 bits per heavy atom. The highest BCUT2D eigenvalue weighted by Gasteiger charge is 2.35. The first-order chi connectivity index (χ1) is 11.0. The largest absolute Gasteiger partial charge is 0.452 e. The van der Waals surface area contributed by atoms with E-state index in [9.17, 15) is 9.59 Å². The Balaban J connectivity index is 1.82. The lowest BCUT2D eigenvalue weighted by atomic mass is 9.89. The predicted molar refractivity (Wildman–Crippen MR) is 80.8 cm³/mol. The van der Waals surface area contributed by atoms with Gasteiger partial charge in [0.15, 0.2) is 11.9 Å². The molecule has 0 fully saturated rings. The number of rotatable bonds is 3. The molecule has 1 aromatic heterocycles. The molecule has 1 amide bonds. The summed E-state index contributed by atoms with van der Waals surface area (Å²) in [6.45, 7) is 3.35. The van der Waals surface area contributed by atoms with E-state index in [4.69, 9.17) is 9.26 Å². The van der Waals surface area contributed by atoms with E-state index in [0.29, 0.717) is 5.82 Å². The van der Waals surface area contributed by atoms with Gasteiger partial charge in [-0.25, -0.2) is 0 Å². The van der Waals surface area contributed by atoms with Gasteiger partial charge in [0.1, 0.15) is 0 Å². The first kappa shape index (κ1) is 15.2. The smallest absolute Gasteiger partial charge is 0.314 e. The first-order valence-electron chi connectivity index (χ1n) is 7.33. The van der Waals surface area contributed by atoms with Crippen molar-refractivity contribution in [3.8, 4) is 0 Å².